The van der Waals surface area contributed by atoms with Gasteiger partial charge in [-0.1, -0.05) is 31.2 Å². The van der Waals surface area contributed by atoms with E-state index in [0.717, 1.165) is 118 Å². The van der Waals surface area contributed by atoms with Gasteiger partial charge in [0.25, 0.3) is 5.91 Å². The lowest BCUT2D eigenvalue weighted by Crippen LogP contribution is -2.51. The van der Waals surface area contributed by atoms with E-state index in [-0.39, 0.29) is 18.2 Å². The first-order chi connectivity index (χ1) is 28.0. The van der Waals surface area contributed by atoms with Crippen molar-refractivity contribution < 1.29 is 28.5 Å². The van der Waals surface area contributed by atoms with E-state index in [1.807, 2.05) is 18.2 Å². The van der Waals surface area contributed by atoms with Gasteiger partial charge in [0.1, 0.15) is 17.0 Å². The molecular weight excluding hydrogens is 717 g/mol. The number of aryl methyl sites for hydroxylation is 2. The van der Waals surface area contributed by atoms with Crippen LogP contribution < -0.4 is 19.9 Å². The molecule has 302 valence electrons. The van der Waals surface area contributed by atoms with E-state index in [2.05, 4.69) is 57.8 Å². The molecular formula is C47H58N4O6. The zero-order chi connectivity index (χ0) is 38.9. The summed E-state index contributed by atoms with van der Waals surface area (Å²) in [4.78, 5) is 35.3. The second kappa shape index (κ2) is 16.5. The fraction of sp³-hybridized carbons (Fsp3) is 0.532. The van der Waals surface area contributed by atoms with Gasteiger partial charge in [0, 0.05) is 84.9 Å². The maximum Gasteiger partial charge on any atom is 0.255 e. The number of anilines is 2. The largest absolute Gasteiger partial charge is 0.456 e. The molecule has 10 nitrogen and oxygen atoms in total. The van der Waals surface area contributed by atoms with Crippen molar-refractivity contribution in [1.82, 2.24) is 10.2 Å². The molecule has 6 aliphatic heterocycles. The number of carbonyl (C=O) groups excluding carboxylic acids is 2. The van der Waals surface area contributed by atoms with Gasteiger partial charge >= 0.3 is 0 Å². The minimum absolute atomic E-state index is 0.000693. The number of fused-ring (bicyclic) bond motifs is 8. The summed E-state index contributed by atoms with van der Waals surface area (Å²) in [7, 11) is 0. The van der Waals surface area contributed by atoms with Crippen molar-refractivity contribution in [2.24, 2.45) is 5.92 Å². The van der Waals surface area contributed by atoms with Gasteiger partial charge in [-0.2, -0.15) is 0 Å². The summed E-state index contributed by atoms with van der Waals surface area (Å²) in [6.07, 6.45) is 11.6. The Labute approximate surface area is 337 Å². The molecule has 57 heavy (non-hydrogen) atoms. The summed E-state index contributed by atoms with van der Waals surface area (Å²) in [5.74, 6) is 2.17. The molecule has 0 aromatic heterocycles. The number of benzene rings is 3. The Balaban J connectivity index is 0.977. The fourth-order valence-corrected chi connectivity index (χ4v) is 10.5. The van der Waals surface area contributed by atoms with Crippen LogP contribution in [0.4, 0.5) is 11.4 Å². The maximum atomic E-state index is 14.9. The number of hydrogen-bond acceptors (Lipinski definition) is 8. The predicted molar refractivity (Wildman–Crippen MR) is 222 cm³/mol. The van der Waals surface area contributed by atoms with Gasteiger partial charge < -0.3 is 39.0 Å². The van der Waals surface area contributed by atoms with Gasteiger partial charge in [-0.25, -0.2) is 0 Å². The molecule has 6 heterocycles. The predicted octanol–water partition coefficient (Wildman–Crippen LogP) is 6.71. The summed E-state index contributed by atoms with van der Waals surface area (Å²) in [5, 5.41) is 3.13. The van der Waals surface area contributed by atoms with E-state index in [1.54, 1.807) is 0 Å². The summed E-state index contributed by atoms with van der Waals surface area (Å²) in [6.45, 7) is 13.8. The van der Waals surface area contributed by atoms with Crippen molar-refractivity contribution in [3.63, 3.8) is 0 Å². The van der Waals surface area contributed by atoms with Gasteiger partial charge in [0.05, 0.1) is 39.6 Å². The number of carbonyl (C=O) groups is 2. The van der Waals surface area contributed by atoms with Crippen molar-refractivity contribution in [1.29, 1.82) is 0 Å². The van der Waals surface area contributed by atoms with E-state index in [9.17, 15) is 9.59 Å². The number of nitrogens with one attached hydrogen (secondary N) is 1. The minimum Gasteiger partial charge on any atom is -0.456 e. The lowest BCUT2D eigenvalue weighted by Gasteiger charge is -2.49. The Morgan fingerprint density at radius 1 is 0.825 bits per heavy atom. The molecule has 1 atom stereocenters. The quantitative estimate of drug-likeness (QED) is 0.127. The van der Waals surface area contributed by atoms with Crippen LogP contribution in [0, 0.1) is 5.92 Å². The van der Waals surface area contributed by atoms with E-state index in [0.29, 0.717) is 58.6 Å². The molecule has 3 aromatic rings. The average Bonchev–Trinajstić information content (AvgIpc) is 3.48. The normalized spacial score (nSPS) is 18.6. The van der Waals surface area contributed by atoms with Crippen LogP contribution in [0.5, 0.6) is 11.5 Å². The van der Waals surface area contributed by atoms with E-state index in [4.69, 9.17) is 18.9 Å². The van der Waals surface area contributed by atoms with Crippen LogP contribution in [0.3, 0.4) is 0 Å². The van der Waals surface area contributed by atoms with Crippen LogP contribution in [0.1, 0.15) is 94.8 Å². The van der Waals surface area contributed by atoms with Crippen molar-refractivity contribution in [2.75, 3.05) is 88.7 Å². The molecule has 0 saturated carbocycles. The molecule has 1 unspecified atom stereocenters. The average molecular weight is 775 g/mol. The van der Waals surface area contributed by atoms with Crippen LogP contribution in [-0.4, -0.2) is 95.6 Å². The van der Waals surface area contributed by atoms with E-state index < -0.39 is 5.54 Å². The number of ether oxygens (including phenoxy) is 4. The Morgan fingerprint density at radius 2 is 1.40 bits per heavy atom. The van der Waals surface area contributed by atoms with E-state index >= 15 is 0 Å². The number of hydrogen-bond donors (Lipinski definition) is 1. The first kappa shape index (κ1) is 38.2. The number of nitrogens with zero attached hydrogens (tertiary/aromatic N) is 3. The SMILES string of the molecule is C=CC(CC)COCCOCCOCCC(=O)NCCN1C(=O)c2ccccc2C12c1cc3c4c(c1Oc1c2cc2c5c1CCCN5CCC2)CCCN4CCC3. The topological polar surface area (TPSA) is 92.8 Å². The summed E-state index contributed by atoms with van der Waals surface area (Å²) in [6, 6.07) is 13.0. The van der Waals surface area contributed by atoms with Gasteiger partial charge in [0.15, 0.2) is 0 Å². The zero-order valence-electron chi connectivity index (χ0n) is 33.7. The first-order valence-corrected chi connectivity index (χ1v) is 21.6. The van der Waals surface area contributed by atoms with Gasteiger partial charge in [-0.05, 0) is 98.6 Å². The molecule has 9 rings (SSSR count). The van der Waals surface area contributed by atoms with Crippen LogP contribution in [0.25, 0.3) is 0 Å². The second-order valence-corrected chi connectivity index (χ2v) is 16.5. The van der Waals surface area contributed by atoms with Crippen molar-refractivity contribution in [3.05, 3.63) is 93.6 Å². The molecule has 6 aliphatic rings. The smallest absolute Gasteiger partial charge is 0.255 e. The van der Waals surface area contributed by atoms with Crippen molar-refractivity contribution in [2.45, 2.75) is 76.7 Å². The highest BCUT2D eigenvalue weighted by atomic mass is 16.5. The molecule has 0 saturated heterocycles. The highest BCUT2D eigenvalue weighted by molar-refractivity contribution is 6.03. The number of amides is 2. The highest BCUT2D eigenvalue weighted by Gasteiger charge is 2.58. The van der Waals surface area contributed by atoms with Crippen molar-refractivity contribution in [3.8, 4) is 11.5 Å². The minimum atomic E-state index is -0.880. The molecule has 0 aliphatic carbocycles. The molecule has 0 fully saturated rings. The van der Waals surface area contributed by atoms with Crippen LogP contribution in [0.2, 0.25) is 0 Å². The first-order valence-electron chi connectivity index (χ1n) is 21.6. The van der Waals surface area contributed by atoms with E-state index in [1.165, 1.54) is 33.6 Å². The van der Waals surface area contributed by atoms with Gasteiger partial charge in [-0.15, -0.1) is 6.58 Å². The van der Waals surface area contributed by atoms with Gasteiger partial charge in [-0.3, -0.25) is 9.59 Å². The van der Waals surface area contributed by atoms with Gasteiger partial charge in [0.2, 0.25) is 5.91 Å². The van der Waals surface area contributed by atoms with Crippen LogP contribution in [0.15, 0.2) is 49.1 Å². The molecule has 0 radical (unpaired) electrons. The fourth-order valence-electron chi connectivity index (χ4n) is 10.5. The molecule has 1 spiro atoms. The molecule has 1 N–H and O–H groups in total. The summed E-state index contributed by atoms with van der Waals surface area (Å²) in [5.41, 5.74) is 11.1. The monoisotopic (exact) mass is 774 g/mol. The lowest BCUT2D eigenvalue weighted by molar-refractivity contribution is -0.122. The third-order valence-corrected chi connectivity index (χ3v) is 13.2. The molecule has 10 heteroatoms. The number of rotatable bonds is 16. The molecule has 0 bridgehead atoms. The Hall–Kier alpha value is -4.38. The Bertz CT molecular complexity index is 1940. The summed E-state index contributed by atoms with van der Waals surface area (Å²) < 4.78 is 24.4. The van der Waals surface area contributed by atoms with Crippen LogP contribution >= 0.6 is 0 Å². The molecule has 3 aromatic carbocycles. The third-order valence-electron chi connectivity index (χ3n) is 13.2. The summed E-state index contributed by atoms with van der Waals surface area (Å²) >= 11 is 0. The zero-order valence-corrected chi connectivity index (χ0v) is 33.7. The standard InChI is InChI=1S/C47H58N4O6/c1-3-32(4-2)31-56-28-27-55-26-25-54-24-17-41(52)48-18-23-51-46(53)35-13-5-6-16-38(35)47(51)39-29-33-11-7-19-49-21-9-14-36(42(33)49)44(39)57-45-37-15-10-22-50-20-8-12-34(43(37)50)30-40(45)47/h3,5-6,13,16,29-30,32H,1,4,7-12,14-15,17-28,31H2,2H3,(H,48,52). The Morgan fingerprint density at radius 3 is 2.02 bits per heavy atom. The molecule has 2 amide bonds. The highest BCUT2D eigenvalue weighted by Crippen LogP contribution is 2.62. The second-order valence-electron chi connectivity index (χ2n) is 16.5. The van der Waals surface area contributed by atoms with Crippen molar-refractivity contribution >= 4 is 23.2 Å². The van der Waals surface area contributed by atoms with Crippen LogP contribution in [-0.2, 0) is 50.2 Å². The third kappa shape index (κ3) is 6.71. The Kier molecular flexibility index (Phi) is 11.0. The maximum absolute atomic E-state index is 14.9. The lowest BCUT2D eigenvalue weighted by atomic mass is 9.70.